The van der Waals surface area contributed by atoms with Gasteiger partial charge in [0.25, 0.3) is 0 Å². The van der Waals surface area contributed by atoms with Gasteiger partial charge in [-0.15, -0.1) is 0 Å². The van der Waals surface area contributed by atoms with E-state index in [0.717, 1.165) is 66.3 Å². The van der Waals surface area contributed by atoms with Gasteiger partial charge in [0.2, 0.25) is 0 Å². The van der Waals surface area contributed by atoms with Crippen molar-refractivity contribution in [1.82, 2.24) is 29.3 Å². The zero-order valence-electron chi connectivity index (χ0n) is 15.6. The Morgan fingerprint density at radius 3 is 2.82 bits per heavy atom. The molecule has 3 aromatic heterocycles. The van der Waals surface area contributed by atoms with Crippen LogP contribution in [-0.2, 0) is 26.2 Å². The highest BCUT2D eigenvalue weighted by Crippen LogP contribution is 2.23. The first kappa shape index (κ1) is 17.1. The molecule has 142 valence electrons. The van der Waals surface area contributed by atoms with E-state index < -0.39 is 0 Å². The van der Waals surface area contributed by atoms with Crippen molar-refractivity contribution >= 4 is 5.65 Å². The average molecular weight is 374 g/mol. The Labute approximate surface area is 162 Å². The van der Waals surface area contributed by atoms with Gasteiger partial charge in [0.1, 0.15) is 0 Å². The van der Waals surface area contributed by atoms with Crippen LogP contribution in [0.5, 0.6) is 0 Å². The third-order valence-corrected chi connectivity index (χ3v) is 5.21. The lowest BCUT2D eigenvalue weighted by atomic mass is 10.1. The zero-order valence-corrected chi connectivity index (χ0v) is 15.6. The highest BCUT2D eigenvalue weighted by atomic mass is 16.3. The molecule has 0 spiro atoms. The molecule has 5 rings (SSSR count). The van der Waals surface area contributed by atoms with Crippen molar-refractivity contribution in [2.45, 2.75) is 32.7 Å². The van der Waals surface area contributed by atoms with E-state index >= 15 is 0 Å². The van der Waals surface area contributed by atoms with E-state index in [0.29, 0.717) is 0 Å². The Morgan fingerprint density at radius 2 is 1.96 bits per heavy atom. The predicted octanol–water partition coefficient (Wildman–Crippen LogP) is 2.49. The monoisotopic (exact) mass is 374 g/mol. The predicted molar refractivity (Wildman–Crippen MR) is 105 cm³/mol. The molecule has 1 N–H and O–H groups in total. The summed E-state index contributed by atoms with van der Waals surface area (Å²) < 4.78 is 3.89. The van der Waals surface area contributed by atoms with E-state index in [1.165, 1.54) is 0 Å². The summed E-state index contributed by atoms with van der Waals surface area (Å²) in [5.74, 6) is 0. The van der Waals surface area contributed by atoms with Crippen molar-refractivity contribution in [1.29, 1.82) is 0 Å². The second kappa shape index (κ2) is 7.18. The lowest BCUT2D eigenvalue weighted by molar-refractivity contribution is 0.259. The van der Waals surface area contributed by atoms with Crippen LogP contribution in [0.3, 0.4) is 0 Å². The number of nitrogens with zero attached hydrogens (tertiary/aromatic N) is 6. The summed E-state index contributed by atoms with van der Waals surface area (Å²) >= 11 is 0. The summed E-state index contributed by atoms with van der Waals surface area (Å²) in [6.45, 7) is 3.51. The molecule has 1 aliphatic rings. The molecule has 4 heterocycles. The van der Waals surface area contributed by atoms with Crippen LogP contribution in [0.4, 0.5) is 0 Å². The summed E-state index contributed by atoms with van der Waals surface area (Å²) in [6, 6.07) is 12.2. The van der Waals surface area contributed by atoms with Gasteiger partial charge in [-0.05, 0) is 18.1 Å². The van der Waals surface area contributed by atoms with Crippen molar-refractivity contribution < 1.29 is 5.11 Å². The highest BCUT2D eigenvalue weighted by Gasteiger charge is 2.17. The van der Waals surface area contributed by atoms with Crippen LogP contribution in [0.25, 0.3) is 16.8 Å². The molecule has 1 aromatic carbocycles. The largest absolute Gasteiger partial charge is 0.390 e. The highest BCUT2D eigenvalue weighted by molar-refractivity contribution is 5.76. The van der Waals surface area contributed by atoms with Crippen molar-refractivity contribution in [3.63, 3.8) is 0 Å². The Bertz CT molecular complexity index is 1100. The molecule has 0 amide bonds. The summed E-state index contributed by atoms with van der Waals surface area (Å²) in [4.78, 5) is 7.09. The molecule has 0 fully saturated rings. The minimum absolute atomic E-state index is 0.0103. The number of aliphatic hydroxyl groups excluding tert-OH is 1. The third-order valence-electron chi connectivity index (χ3n) is 5.21. The van der Waals surface area contributed by atoms with Gasteiger partial charge in [-0.1, -0.05) is 30.3 Å². The fourth-order valence-corrected chi connectivity index (χ4v) is 3.87. The molecule has 7 nitrogen and oxygen atoms in total. The lowest BCUT2D eigenvalue weighted by Gasteiger charge is -2.19. The second-order valence-corrected chi connectivity index (χ2v) is 7.23. The van der Waals surface area contributed by atoms with Crippen LogP contribution >= 0.6 is 0 Å². The first-order chi connectivity index (χ1) is 13.8. The van der Waals surface area contributed by atoms with E-state index in [1.54, 1.807) is 0 Å². The Balaban J connectivity index is 1.38. The number of aromatic nitrogens is 5. The molecule has 0 atom stereocenters. The van der Waals surface area contributed by atoms with Crippen molar-refractivity contribution in [3.8, 4) is 11.1 Å². The SMILES string of the molecule is OCc1cc2n(n1)CCCN(Cc1cnc3c(-c4ccccc4)cnn3c1)C2. The number of aryl methyl sites for hydroxylation is 1. The number of aliphatic hydroxyl groups is 1. The van der Waals surface area contributed by atoms with E-state index in [-0.39, 0.29) is 6.61 Å². The summed E-state index contributed by atoms with van der Waals surface area (Å²) in [7, 11) is 0. The molecule has 28 heavy (non-hydrogen) atoms. The molecule has 0 aliphatic carbocycles. The molecule has 0 saturated carbocycles. The zero-order chi connectivity index (χ0) is 18.9. The van der Waals surface area contributed by atoms with Crippen LogP contribution < -0.4 is 0 Å². The Hall–Kier alpha value is -3.03. The van der Waals surface area contributed by atoms with Crippen LogP contribution in [0.2, 0.25) is 0 Å². The summed E-state index contributed by atoms with van der Waals surface area (Å²) in [6.07, 6.45) is 6.93. The fourth-order valence-electron chi connectivity index (χ4n) is 3.87. The molecule has 1 aliphatic heterocycles. The fraction of sp³-hybridized carbons (Fsp3) is 0.286. The Kier molecular flexibility index (Phi) is 4.38. The quantitative estimate of drug-likeness (QED) is 0.594. The van der Waals surface area contributed by atoms with Crippen LogP contribution in [-0.4, -0.2) is 40.9 Å². The molecule has 7 heteroatoms. The molecule has 0 saturated heterocycles. The van der Waals surface area contributed by atoms with Crippen molar-refractivity contribution in [2.24, 2.45) is 0 Å². The van der Waals surface area contributed by atoms with E-state index in [4.69, 9.17) is 4.98 Å². The van der Waals surface area contributed by atoms with Crippen molar-refractivity contribution in [2.75, 3.05) is 6.54 Å². The van der Waals surface area contributed by atoms with Crippen molar-refractivity contribution in [3.05, 3.63) is 71.9 Å². The molecule has 4 aromatic rings. The third kappa shape index (κ3) is 3.19. The number of hydrogen-bond donors (Lipinski definition) is 1. The smallest absolute Gasteiger partial charge is 0.162 e. The van der Waals surface area contributed by atoms with Gasteiger partial charge in [-0.25, -0.2) is 9.50 Å². The molecule has 0 bridgehead atoms. The molecule has 0 radical (unpaired) electrons. The Morgan fingerprint density at radius 1 is 1.07 bits per heavy atom. The van der Waals surface area contributed by atoms with Crippen LogP contribution in [0.15, 0.2) is 55.0 Å². The van der Waals surface area contributed by atoms with Crippen LogP contribution in [0.1, 0.15) is 23.4 Å². The van der Waals surface area contributed by atoms with Crippen LogP contribution in [0, 0.1) is 0 Å². The van der Waals surface area contributed by atoms with Gasteiger partial charge in [0.15, 0.2) is 5.65 Å². The van der Waals surface area contributed by atoms with Gasteiger partial charge in [-0.3, -0.25) is 9.58 Å². The van der Waals surface area contributed by atoms with Gasteiger partial charge >= 0.3 is 0 Å². The molecular formula is C21H22N6O. The average Bonchev–Trinajstić information content (AvgIpc) is 3.27. The van der Waals surface area contributed by atoms with Gasteiger partial charge in [0, 0.05) is 49.7 Å². The number of hydrogen-bond acceptors (Lipinski definition) is 5. The first-order valence-corrected chi connectivity index (χ1v) is 9.56. The van der Waals surface area contributed by atoms with Gasteiger partial charge < -0.3 is 5.11 Å². The second-order valence-electron chi connectivity index (χ2n) is 7.23. The van der Waals surface area contributed by atoms with E-state index in [1.807, 2.05) is 45.9 Å². The number of fused-ring (bicyclic) bond motifs is 2. The normalized spacial score (nSPS) is 14.9. The molecular weight excluding hydrogens is 352 g/mol. The maximum absolute atomic E-state index is 9.34. The minimum Gasteiger partial charge on any atom is -0.390 e. The topological polar surface area (TPSA) is 71.5 Å². The number of benzene rings is 1. The first-order valence-electron chi connectivity index (χ1n) is 9.56. The van der Waals surface area contributed by atoms with Gasteiger partial charge in [0.05, 0.1) is 24.2 Å². The maximum Gasteiger partial charge on any atom is 0.162 e. The van der Waals surface area contributed by atoms with Gasteiger partial charge in [-0.2, -0.15) is 10.2 Å². The molecule has 0 unspecified atom stereocenters. The summed E-state index contributed by atoms with van der Waals surface area (Å²) in [5.41, 5.74) is 6.06. The maximum atomic E-state index is 9.34. The van der Waals surface area contributed by atoms with E-state index in [2.05, 4.69) is 33.4 Å². The number of rotatable bonds is 4. The standard InChI is InChI=1S/C21H22N6O/c28-15-18-9-19-14-25(7-4-8-26(19)24-18)12-16-10-22-21-20(11-23-27(21)13-16)17-5-2-1-3-6-17/h1-3,5-6,9-11,13,28H,4,7-8,12,14-15H2. The lowest BCUT2D eigenvalue weighted by Crippen LogP contribution is -2.23. The minimum atomic E-state index is -0.0103. The summed E-state index contributed by atoms with van der Waals surface area (Å²) in [5, 5.41) is 18.3. The van der Waals surface area contributed by atoms with E-state index in [9.17, 15) is 5.11 Å².